The Morgan fingerprint density at radius 2 is 2.03 bits per heavy atom. The number of amides is 1. The number of nitrogens with zero attached hydrogens (tertiary/aromatic N) is 1. The van der Waals surface area contributed by atoms with Gasteiger partial charge in [-0.25, -0.2) is 8.42 Å². The Kier molecular flexibility index (Phi) is 4.97. The van der Waals surface area contributed by atoms with Gasteiger partial charge >= 0.3 is 0 Å². The lowest BCUT2D eigenvalue weighted by Crippen LogP contribution is -2.28. The number of methoxy groups -OCH3 is 1. The SMILES string of the molecule is COc1ccc(S(=O)(=O)Nc2ccc3c(c2)CCN3C(=O)c2ccco2)cc1Cl. The van der Waals surface area contributed by atoms with E-state index in [1.807, 2.05) is 0 Å². The number of hydrogen-bond acceptors (Lipinski definition) is 5. The number of furan rings is 1. The highest BCUT2D eigenvalue weighted by Gasteiger charge is 2.27. The van der Waals surface area contributed by atoms with Gasteiger partial charge in [0, 0.05) is 17.9 Å². The van der Waals surface area contributed by atoms with Crippen LogP contribution in [0.15, 0.2) is 64.1 Å². The summed E-state index contributed by atoms with van der Waals surface area (Å²) in [5.74, 6) is 0.429. The van der Waals surface area contributed by atoms with Gasteiger partial charge in [-0.3, -0.25) is 9.52 Å². The Labute approximate surface area is 172 Å². The molecule has 0 saturated carbocycles. The Morgan fingerprint density at radius 1 is 1.21 bits per heavy atom. The zero-order valence-corrected chi connectivity index (χ0v) is 17.0. The molecule has 2 aromatic carbocycles. The molecule has 0 bridgehead atoms. The monoisotopic (exact) mass is 432 g/mol. The first-order valence-electron chi connectivity index (χ1n) is 8.74. The molecule has 1 aromatic heterocycles. The standard InChI is InChI=1S/C20H17ClN2O5S/c1-27-18-7-5-15(12-16(18)21)29(25,26)22-14-4-6-17-13(11-14)8-9-23(17)20(24)19-3-2-10-28-19/h2-7,10-12,22H,8-9H2,1H3. The zero-order chi connectivity index (χ0) is 20.6. The maximum absolute atomic E-state index is 12.7. The first kappa shape index (κ1) is 19.4. The van der Waals surface area contributed by atoms with Crippen LogP contribution in [0.25, 0.3) is 0 Å². The third kappa shape index (κ3) is 3.68. The van der Waals surface area contributed by atoms with Crippen molar-refractivity contribution in [3.05, 3.63) is 71.1 Å². The molecule has 2 heterocycles. The molecular weight excluding hydrogens is 416 g/mol. The fraction of sp³-hybridized carbons (Fsp3) is 0.150. The molecule has 1 aliphatic heterocycles. The maximum atomic E-state index is 12.7. The number of halogens is 1. The third-order valence-corrected chi connectivity index (χ3v) is 6.31. The summed E-state index contributed by atoms with van der Waals surface area (Å²) in [6, 6.07) is 12.6. The second kappa shape index (κ2) is 7.46. The molecular formula is C20H17ClN2O5S. The fourth-order valence-corrected chi connectivity index (χ4v) is 4.64. The number of fused-ring (bicyclic) bond motifs is 1. The molecule has 0 fully saturated rings. The van der Waals surface area contributed by atoms with E-state index >= 15 is 0 Å². The number of benzene rings is 2. The Hall–Kier alpha value is -2.97. The first-order chi connectivity index (χ1) is 13.9. The van der Waals surface area contributed by atoms with Crippen molar-refractivity contribution < 1.29 is 22.4 Å². The summed E-state index contributed by atoms with van der Waals surface area (Å²) in [5, 5.41) is 0.205. The van der Waals surface area contributed by atoms with Gasteiger partial charge in [0.1, 0.15) is 5.75 Å². The van der Waals surface area contributed by atoms with Crippen molar-refractivity contribution in [3.8, 4) is 5.75 Å². The second-order valence-corrected chi connectivity index (χ2v) is 8.52. The van der Waals surface area contributed by atoms with Crippen LogP contribution >= 0.6 is 11.6 Å². The molecule has 4 rings (SSSR count). The lowest BCUT2D eigenvalue weighted by atomic mass is 10.1. The molecule has 0 aliphatic carbocycles. The molecule has 3 aromatic rings. The second-order valence-electron chi connectivity index (χ2n) is 6.43. The first-order valence-corrected chi connectivity index (χ1v) is 10.6. The van der Waals surface area contributed by atoms with E-state index in [0.29, 0.717) is 24.4 Å². The van der Waals surface area contributed by atoms with E-state index in [-0.39, 0.29) is 21.6 Å². The molecule has 0 unspecified atom stereocenters. The lowest BCUT2D eigenvalue weighted by molar-refractivity contribution is 0.0963. The molecule has 0 atom stereocenters. The molecule has 29 heavy (non-hydrogen) atoms. The van der Waals surface area contributed by atoms with Gasteiger partial charge in [-0.2, -0.15) is 0 Å². The summed E-state index contributed by atoms with van der Waals surface area (Å²) in [6.45, 7) is 0.499. The van der Waals surface area contributed by atoms with Crippen molar-refractivity contribution in [2.24, 2.45) is 0 Å². The van der Waals surface area contributed by atoms with E-state index in [1.165, 1.54) is 31.6 Å². The van der Waals surface area contributed by atoms with E-state index in [2.05, 4.69) is 4.72 Å². The Morgan fingerprint density at radius 3 is 2.72 bits per heavy atom. The predicted octanol–water partition coefficient (Wildman–Crippen LogP) is 3.95. The average Bonchev–Trinajstić information content (AvgIpc) is 3.37. The molecule has 1 N–H and O–H groups in total. The van der Waals surface area contributed by atoms with Gasteiger partial charge in [-0.15, -0.1) is 0 Å². The van der Waals surface area contributed by atoms with Crippen LogP contribution < -0.4 is 14.4 Å². The van der Waals surface area contributed by atoms with Gasteiger partial charge in [0.25, 0.3) is 15.9 Å². The summed E-state index contributed by atoms with van der Waals surface area (Å²) in [4.78, 5) is 14.2. The molecule has 7 nitrogen and oxygen atoms in total. The summed E-state index contributed by atoms with van der Waals surface area (Å²) >= 11 is 6.04. The van der Waals surface area contributed by atoms with Crippen LogP contribution in [0.3, 0.4) is 0 Å². The van der Waals surface area contributed by atoms with E-state index in [1.54, 1.807) is 35.2 Å². The summed E-state index contributed by atoms with van der Waals surface area (Å²) < 4.78 is 38.2. The van der Waals surface area contributed by atoms with Crippen LogP contribution in [-0.4, -0.2) is 28.0 Å². The number of nitrogens with one attached hydrogen (secondary N) is 1. The molecule has 0 saturated heterocycles. The molecule has 9 heteroatoms. The summed E-state index contributed by atoms with van der Waals surface area (Å²) in [5.41, 5.74) is 2.02. The minimum Gasteiger partial charge on any atom is -0.495 e. The van der Waals surface area contributed by atoms with Crippen LogP contribution in [0.2, 0.25) is 5.02 Å². The van der Waals surface area contributed by atoms with Crippen molar-refractivity contribution in [3.63, 3.8) is 0 Å². The molecule has 150 valence electrons. The van der Waals surface area contributed by atoms with Gasteiger partial charge < -0.3 is 14.1 Å². The Bertz CT molecular complexity index is 1180. The van der Waals surface area contributed by atoms with Gasteiger partial charge in [0.05, 0.1) is 23.3 Å². The maximum Gasteiger partial charge on any atom is 0.293 e. The molecule has 1 aliphatic rings. The third-order valence-electron chi connectivity index (χ3n) is 4.64. The van der Waals surface area contributed by atoms with E-state index < -0.39 is 10.0 Å². The quantitative estimate of drug-likeness (QED) is 0.659. The number of carbonyl (C=O) groups excluding carboxylic acids is 1. The van der Waals surface area contributed by atoms with Crippen LogP contribution in [0.4, 0.5) is 11.4 Å². The minimum atomic E-state index is -3.83. The summed E-state index contributed by atoms with van der Waals surface area (Å²) in [6.07, 6.45) is 2.07. The number of hydrogen-bond donors (Lipinski definition) is 1. The van der Waals surface area contributed by atoms with Gasteiger partial charge in [0.2, 0.25) is 0 Å². The van der Waals surface area contributed by atoms with Crippen LogP contribution in [0, 0.1) is 0 Å². The number of anilines is 2. The smallest absolute Gasteiger partial charge is 0.293 e. The predicted molar refractivity (Wildman–Crippen MR) is 109 cm³/mol. The fourth-order valence-electron chi connectivity index (χ4n) is 3.24. The average molecular weight is 433 g/mol. The summed E-state index contributed by atoms with van der Waals surface area (Å²) in [7, 11) is -2.37. The van der Waals surface area contributed by atoms with E-state index in [9.17, 15) is 13.2 Å². The minimum absolute atomic E-state index is 0.0263. The largest absolute Gasteiger partial charge is 0.495 e. The Balaban J connectivity index is 1.57. The van der Waals surface area contributed by atoms with Crippen LogP contribution in [-0.2, 0) is 16.4 Å². The van der Waals surface area contributed by atoms with Crippen molar-refractivity contribution in [1.29, 1.82) is 0 Å². The van der Waals surface area contributed by atoms with Gasteiger partial charge in [0.15, 0.2) is 5.76 Å². The van der Waals surface area contributed by atoms with Crippen LogP contribution in [0.1, 0.15) is 16.1 Å². The van der Waals surface area contributed by atoms with Crippen LogP contribution in [0.5, 0.6) is 5.75 Å². The van der Waals surface area contributed by atoms with Crippen molar-refractivity contribution >= 4 is 38.9 Å². The highest BCUT2D eigenvalue weighted by molar-refractivity contribution is 7.92. The molecule has 0 spiro atoms. The number of ether oxygens (including phenoxy) is 1. The number of sulfonamides is 1. The zero-order valence-electron chi connectivity index (χ0n) is 15.4. The molecule has 0 radical (unpaired) electrons. The number of carbonyl (C=O) groups is 1. The molecule has 1 amide bonds. The van der Waals surface area contributed by atoms with Crippen molar-refractivity contribution in [1.82, 2.24) is 0 Å². The van der Waals surface area contributed by atoms with Crippen molar-refractivity contribution in [2.45, 2.75) is 11.3 Å². The van der Waals surface area contributed by atoms with Gasteiger partial charge in [-0.1, -0.05) is 11.6 Å². The van der Waals surface area contributed by atoms with Crippen molar-refractivity contribution in [2.75, 3.05) is 23.3 Å². The van der Waals surface area contributed by atoms with E-state index in [0.717, 1.165) is 11.3 Å². The van der Waals surface area contributed by atoms with Gasteiger partial charge in [-0.05, 0) is 60.5 Å². The highest BCUT2D eigenvalue weighted by Crippen LogP contribution is 2.33. The number of rotatable bonds is 5. The topological polar surface area (TPSA) is 88.9 Å². The normalized spacial score (nSPS) is 13.2. The van der Waals surface area contributed by atoms with E-state index in [4.69, 9.17) is 20.8 Å². The lowest BCUT2D eigenvalue weighted by Gasteiger charge is -2.16. The highest BCUT2D eigenvalue weighted by atomic mass is 35.5.